The second-order valence-corrected chi connectivity index (χ2v) is 7.31. The van der Waals surface area contributed by atoms with Gasteiger partial charge in [0.25, 0.3) is 5.91 Å². The van der Waals surface area contributed by atoms with Crippen molar-refractivity contribution in [1.82, 2.24) is 25.5 Å². The highest BCUT2D eigenvalue weighted by Gasteiger charge is 2.31. The van der Waals surface area contributed by atoms with Crippen LogP contribution in [0.1, 0.15) is 47.4 Å². The van der Waals surface area contributed by atoms with Crippen molar-refractivity contribution < 1.29 is 9.90 Å². The van der Waals surface area contributed by atoms with E-state index >= 15 is 0 Å². The molecule has 2 N–H and O–H groups in total. The van der Waals surface area contributed by atoms with Gasteiger partial charge in [-0.1, -0.05) is 30.3 Å². The summed E-state index contributed by atoms with van der Waals surface area (Å²) in [5, 5.41) is 24.4. The molecule has 28 heavy (non-hydrogen) atoms. The molecule has 0 aliphatic heterocycles. The van der Waals surface area contributed by atoms with E-state index in [0.29, 0.717) is 11.5 Å². The number of nitrogens with one attached hydrogen (secondary N) is 1. The van der Waals surface area contributed by atoms with Crippen LogP contribution in [0.25, 0.3) is 16.8 Å². The van der Waals surface area contributed by atoms with Gasteiger partial charge < -0.3 is 10.4 Å². The predicted octanol–water partition coefficient (Wildman–Crippen LogP) is 2.63. The van der Waals surface area contributed by atoms with Crippen LogP contribution < -0.4 is 5.32 Å². The topological polar surface area (TPSA) is 92.9 Å². The van der Waals surface area contributed by atoms with Crippen LogP contribution in [0.4, 0.5) is 0 Å². The number of aliphatic hydroxyl groups is 1. The first-order valence-electron chi connectivity index (χ1n) is 9.49. The van der Waals surface area contributed by atoms with Gasteiger partial charge in [0.1, 0.15) is 0 Å². The third kappa shape index (κ3) is 3.53. The van der Waals surface area contributed by atoms with Gasteiger partial charge in [-0.05, 0) is 65.9 Å². The molecule has 1 atom stereocenters. The number of carbonyl (C=O) groups excluding carboxylic acids is 1. The minimum Gasteiger partial charge on any atom is -0.394 e. The zero-order valence-corrected chi connectivity index (χ0v) is 16.0. The summed E-state index contributed by atoms with van der Waals surface area (Å²) in [6.07, 6.45) is 2.16. The highest BCUT2D eigenvalue weighted by atomic mass is 16.3. The number of tetrazole rings is 1. The van der Waals surface area contributed by atoms with Crippen molar-refractivity contribution in [3.8, 4) is 16.8 Å². The maximum absolute atomic E-state index is 12.9. The van der Waals surface area contributed by atoms with E-state index in [0.717, 1.165) is 41.0 Å². The molecular weight excluding hydrogens is 354 g/mol. The van der Waals surface area contributed by atoms with Crippen molar-refractivity contribution >= 4 is 5.91 Å². The summed E-state index contributed by atoms with van der Waals surface area (Å²) in [5.41, 5.74) is 4.08. The van der Waals surface area contributed by atoms with Crippen molar-refractivity contribution in [3.05, 3.63) is 59.4 Å². The van der Waals surface area contributed by atoms with Crippen molar-refractivity contribution in [3.63, 3.8) is 0 Å². The van der Waals surface area contributed by atoms with Crippen LogP contribution in [-0.2, 0) is 0 Å². The predicted molar refractivity (Wildman–Crippen MR) is 105 cm³/mol. The molecule has 0 spiro atoms. The number of carbonyl (C=O) groups is 1. The van der Waals surface area contributed by atoms with Gasteiger partial charge in [-0.2, -0.15) is 4.68 Å². The minimum atomic E-state index is -0.328. The molecule has 144 valence electrons. The molecule has 7 heteroatoms. The molecule has 0 bridgehead atoms. The summed E-state index contributed by atoms with van der Waals surface area (Å²) in [4.78, 5) is 12.9. The second-order valence-electron chi connectivity index (χ2n) is 7.31. The SMILES string of the molecule is Cc1c(C(=O)NC(C)CO)cc(-c2ccccc2)cc1-n1nnnc1C1CC1. The number of amides is 1. The molecule has 7 nitrogen and oxygen atoms in total. The summed E-state index contributed by atoms with van der Waals surface area (Å²) in [6.45, 7) is 3.55. The Morgan fingerprint density at radius 3 is 2.68 bits per heavy atom. The number of benzene rings is 2. The lowest BCUT2D eigenvalue weighted by Crippen LogP contribution is -2.35. The van der Waals surface area contributed by atoms with Crippen LogP contribution in [0.3, 0.4) is 0 Å². The molecular formula is C21H23N5O2. The largest absolute Gasteiger partial charge is 0.394 e. The number of hydrogen-bond donors (Lipinski definition) is 2. The van der Waals surface area contributed by atoms with E-state index in [9.17, 15) is 9.90 Å². The normalized spacial score (nSPS) is 14.7. The smallest absolute Gasteiger partial charge is 0.251 e. The molecule has 0 radical (unpaired) electrons. The number of aromatic nitrogens is 4. The number of aliphatic hydroxyl groups excluding tert-OH is 1. The molecule has 1 unspecified atom stereocenters. The quantitative estimate of drug-likeness (QED) is 0.689. The Morgan fingerprint density at radius 2 is 2.00 bits per heavy atom. The van der Waals surface area contributed by atoms with Gasteiger partial charge in [-0.15, -0.1) is 5.10 Å². The van der Waals surface area contributed by atoms with Crippen molar-refractivity contribution in [2.24, 2.45) is 0 Å². The fraction of sp³-hybridized carbons (Fsp3) is 0.333. The van der Waals surface area contributed by atoms with Gasteiger partial charge in [0.15, 0.2) is 5.82 Å². The molecule has 4 rings (SSSR count). The lowest BCUT2D eigenvalue weighted by molar-refractivity contribution is 0.0921. The lowest BCUT2D eigenvalue weighted by Gasteiger charge is -2.17. The van der Waals surface area contributed by atoms with Crippen molar-refractivity contribution in [1.29, 1.82) is 0 Å². The first-order valence-corrected chi connectivity index (χ1v) is 9.49. The molecule has 0 saturated heterocycles. The highest BCUT2D eigenvalue weighted by molar-refractivity contribution is 5.98. The van der Waals surface area contributed by atoms with E-state index < -0.39 is 0 Å². The monoisotopic (exact) mass is 377 g/mol. The van der Waals surface area contributed by atoms with Gasteiger partial charge >= 0.3 is 0 Å². The van der Waals surface area contributed by atoms with E-state index in [1.54, 1.807) is 11.6 Å². The van der Waals surface area contributed by atoms with Crippen LogP contribution in [-0.4, -0.2) is 43.9 Å². The molecule has 1 amide bonds. The van der Waals surface area contributed by atoms with E-state index in [4.69, 9.17) is 0 Å². The van der Waals surface area contributed by atoms with Crippen LogP contribution >= 0.6 is 0 Å². The van der Waals surface area contributed by atoms with Crippen LogP contribution in [0.5, 0.6) is 0 Å². The van der Waals surface area contributed by atoms with Gasteiger partial charge in [0.05, 0.1) is 12.3 Å². The summed E-state index contributed by atoms with van der Waals surface area (Å²) in [6, 6.07) is 13.5. The Morgan fingerprint density at radius 1 is 1.25 bits per heavy atom. The van der Waals surface area contributed by atoms with Crippen LogP contribution in [0.15, 0.2) is 42.5 Å². The lowest BCUT2D eigenvalue weighted by atomic mass is 9.97. The summed E-state index contributed by atoms with van der Waals surface area (Å²) in [7, 11) is 0. The molecule has 1 fully saturated rings. The van der Waals surface area contributed by atoms with Gasteiger partial charge in [0, 0.05) is 17.5 Å². The van der Waals surface area contributed by atoms with Crippen molar-refractivity contribution in [2.75, 3.05) is 6.61 Å². The van der Waals surface area contributed by atoms with Crippen LogP contribution in [0.2, 0.25) is 0 Å². The molecule has 1 aromatic heterocycles. The second kappa shape index (κ2) is 7.52. The Kier molecular flexibility index (Phi) is 4.92. The molecule has 2 aromatic carbocycles. The van der Waals surface area contributed by atoms with Gasteiger partial charge in [0.2, 0.25) is 0 Å². The summed E-state index contributed by atoms with van der Waals surface area (Å²) < 4.78 is 1.76. The zero-order chi connectivity index (χ0) is 19.7. The fourth-order valence-corrected chi connectivity index (χ4v) is 3.26. The third-order valence-corrected chi connectivity index (χ3v) is 5.05. The highest BCUT2D eigenvalue weighted by Crippen LogP contribution is 2.40. The zero-order valence-electron chi connectivity index (χ0n) is 16.0. The Balaban J connectivity index is 1.86. The standard InChI is InChI=1S/C21H23N5O2/c1-13(12-27)22-21(28)18-10-17(15-6-4-3-5-7-15)11-19(14(18)2)26-20(16-8-9-16)23-24-25-26/h3-7,10-11,13,16,27H,8-9,12H2,1-2H3,(H,22,28). The van der Waals surface area contributed by atoms with Gasteiger partial charge in [-0.25, -0.2) is 0 Å². The summed E-state index contributed by atoms with van der Waals surface area (Å²) in [5.74, 6) is 0.990. The average Bonchev–Trinajstić information content (AvgIpc) is 3.45. The first-order chi connectivity index (χ1) is 13.6. The Bertz CT molecular complexity index is 995. The van der Waals surface area contributed by atoms with E-state index in [1.807, 2.05) is 49.4 Å². The van der Waals surface area contributed by atoms with E-state index in [-0.39, 0.29) is 18.6 Å². The maximum atomic E-state index is 12.9. The number of hydrogen-bond acceptors (Lipinski definition) is 5. The Hall–Kier alpha value is -3.06. The first kappa shape index (κ1) is 18.3. The molecule has 1 aliphatic carbocycles. The minimum absolute atomic E-state index is 0.116. The van der Waals surface area contributed by atoms with Crippen molar-refractivity contribution in [2.45, 2.75) is 38.6 Å². The van der Waals surface area contributed by atoms with E-state index in [1.165, 1.54) is 0 Å². The van der Waals surface area contributed by atoms with Crippen LogP contribution in [0, 0.1) is 6.92 Å². The molecule has 1 heterocycles. The Labute approximate surface area is 163 Å². The maximum Gasteiger partial charge on any atom is 0.251 e. The molecule has 1 aliphatic rings. The average molecular weight is 377 g/mol. The fourth-order valence-electron chi connectivity index (χ4n) is 3.26. The molecule has 3 aromatic rings. The number of nitrogens with zero attached hydrogens (tertiary/aromatic N) is 4. The molecule has 1 saturated carbocycles. The number of rotatable bonds is 6. The third-order valence-electron chi connectivity index (χ3n) is 5.05. The summed E-state index contributed by atoms with van der Waals surface area (Å²) >= 11 is 0. The van der Waals surface area contributed by atoms with Gasteiger partial charge in [-0.3, -0.25) is 4.79 Å². The van der Waals surface area contributed by atoms with E-state index in [2.05, 4.69) is 20.8 Å².